The van der Waals surface area contributed by atoms with Gasteiger partial charge in [0.1, 0.15) is 5.60 Å². The van der Waals surface area contributed by atoms with Gasteiger partial charge in [0.25, 0.3) is 0 Å². The van der Waals surface area contributed by atoms with Crippen LogP contribution in [0.25, 0.3) is 0 Å². The summed E-state index contributed by atoms with van der Waals surface area (Å²) in [6.45, 7) is 3.50. The molecule has 0 unspecified atom stereocenters. The average molecular weight is 424 g/mol. The van der Waals surface area contributed by atoms with Crippen LogP contribution in [0.3, 0.4) is 0 Å². The van der Waals surface area contributed by atoms with E-state index < -0.39 is 5.97 Å². The van der Waals surface area contributed by atoms with Crippen LogP contribution in [0.2, 0.25) is 0 Å². The molecule has 0 aromatic heterocycles. The Labute approximate surface area is 182 Å². The largest absolute Gasteiger partial charge is 0.493 e. The topological polar surface area (TPSA) is 68.2 Å². The molecule has 164 valence electrons. The third kappa shape index (κ3) is 3.68. The molecule has 1 spiro atoms. The maximum absolute atomic E-state index is 11.1. The Morgan fingerprint density at radius 1 is 1.19 bits per heavy atom. The highest BCUT2D eigenvalue weighted by atomic mass is 16.5. The number of benzene rings is 2. The van der Waals surface area contributed by atoms with Crippen molar-refractivity contribution in [2.45, 2.75) is 43.9 Å². The maximum Gasteiger partial charge on any atom is 0.335 e. The molecular weight excluding hydrogens is 394 g/mol. The summed E-state index contributed by atoms with van der Waals surface area (Å²) < 4.78 is 18.7. The van der Waals surface area contributed by atoms with Crippen LogP contribution >= 0.6 is 0 Å². The lowest BCUT2D eigenvalue weighted by molar-refractivity contribution is -0.150. The number of hydrogen-bond donors (Lipinski definition) is 1. The number of piperidine rings is 1. The molecule has 3 aliphatic heterocycles. The van der Waals surface area contributed by atoms with E-state index >= 15 is 0 Å². The van der Waals surface area contributed by atoms with Gasteiger partial charge < -0.3 is 19.3 Å². The van der Waals surface area contributed by atoms with Gasteiger partial charge >= 0.3 is 5.97 Å². The minimum atomic E-state index is -0.888. The molecule has 2 atom stereocenters. The monoisotopic (exact) mass is 423 g/mol. The molecular formula is C25H29NO5. The van der Waals surface area contributed by atoms with Crippen molar-refractivity contribution in [3.8, 4) is 11.5 Å². The average Bonchev–Trinajstić information content (AvgIpc) is 2.81. The SMILES string of the molecule is COc1cccc2c1OC1(CCN(Cc3ccc(C(=O)O)cc3)CC1)[C@H]1CCCO[C@H]21. The van der Waals surface area contributed by atoms with Crippen molar-refractivity contribution in [2.24, 2.45) is 5.92 Å². The lowest BCUT2D eigenvalue weighted by Gasteiger charge is -2.53. The van der Waals surface area contributed by atoms with Crippen molar-refractivity contribution in [3.63, 3.8) is 0 Å². The molecule has 6 heteroatoms. The maximum atomic E-state index is 11.1. The third-order valence-corrected chi connectivity index (χ3v) is 7.15. The fraction of sp³-hybridized carbons (Fsp3) is 0.480. The lowest BCUT2D eigenvalue weighted by Crippen LogP contribution is -2.57. The number of fused-ring (bicyclic) bond motifs is 4. The molecule has 0 radical (unpaired) electrons. The van der Waals surface area contributed by atoms with Crippen LogP contribution in [0.5, 0.6) is 11.5 Å². The van der Waals surface area contributed by atoms with Crippen molar-refractivity contribution in [1.82, 2.24) is 4.90 Å². The van der Waals surface area contributed by atoms with Gasteiger partial charge in [-0.05, 0) is 36.6 Å². The molecule has 2 aromatic rings. The molecule has 1 N–H and O–H groups in total. The van der Waals surface area contributed by atoms with E-state index in [1.165, 1.54) is 0 Å². The number of para-hydroxylation sites is 1. The summed E-state index contributed by atoms with van der Waals surface area (Å²) >= 11 is 0. The predicted octanol–water partition coefficient (Wildman–Crippen LogP) is 4.29. The second kappa shape index (κ2) is 8.17. The van der Waals surface area contributed by atoms with E-state index in [4.69, 9.17) is 19.3 Å². The molecule has 2 aromatic carbocycles. The summed E-state index contributed by atoms with van der Waals surface area (Å²) in [5.74, 6) is 1.11. The molecule has 31 heavy (non-hydrogen) atoms. The van der Waals surface area contributed by atoms with Gasteiger partial charge in [0, 0.05) is 50.6 Å². The van der Waals surface area contributed by atoms with Gasteiger partial charge in [-0.2, -0.15) is 0 Å². The predicted molar refractivity (Wildman–Crippen MR) is 116 cm³/mol. The van der Waals surface area contributed by atoms with Crippen molar-refractivity contribution in [2.75, 3.05) is 26.8 Å². The molecule has 5 rings (SSSR count). The first-order chi connectivity index (χ1) is 15.1. The van der Waals surface area contributed by atoms with E-state index in [0.717, 1.165) is 74.6 Å². The number of methoxy groups -OCH3 is 1. The third-order valence-electron chi connectivity index (χ3n) is 7.15. The Morgan fingerprint density at radius 2 is 1.97 bits per heavy atom. The van der Waals surface area contributed by atoms with Crippen LogP contribution in [0.4, 0.5) is 0 Å². The first kappa shape index (κ1) is 20.3. The highest BCUT2D eigenvalue weighted by Gasteiger charge is 2.53. The zero-order valence-electron chi connectivity index (χ0n) is 17.9. The van der Waals surface area contributed by atoms with Gasteiger partial charge in [-0.3, -0.25) is 4.90 Å². The Morgan fingerprint density at radius 3 is 2.68 bits per heavy atom. The minimum absolute atomic E-state index is 0.0720. The Bertz CT molecular complexity index is 949. The molecule has 3 heterocycles. The van der Waals surface area contributed by atoms with Gasteiger partial charge in [-0.25, -0.2) is 4.79 Å². The summed E-state index contributed by atoms with van der Waals surface area (Å²) in [7, 11) is 1.69. The molecule has 0 saturated carbocycles. The molecule has 0 aliphatic carbocycles. The standard InChI is InChI=1S/C25H29NO5/c1-29-21-6-2-4-19-22-20(5-3-15-30-22)25(31-23(19)21)11-13-26(14-12-25)16-17-7-9-18(10-8-17)24(27)28/h2,4,6-10,20,22H,3,5,11-16H2,1H3,(H,27,28)/t20-,22+/m0/s1. The van der Waals surface area contributed by atoms with Crippen LogP contribution in [0.15, 0.2) is 42.5 Å². The summed E-state index contributed by atoms with van der Waals surface area (Å²) in [5.41, 5.74) is 2.36. The molecule has 6 nitrogen and oxygen atoms in total. The fourth-order valence-electron chi connectivity index (χ4n) is 5.51. The van der Waals surface area contributed by atoms with Crippen LogP contribution in [-0.2, 0) is 11.3 Å². The van der Waals surface area contributed by atoms with Gasteiger partial charge in [0.15, 0.2) is 11.5 Å². The number of carboxylic acid groups (broad SMARTS) is 1. The number of aromatic carboxylic acids is 1. The highest BCUT2D eigenvalue weighted by molar-refractivity contribution is 5.87. The van der Waals surface area contributed by atoms with E-state index in [2.05, 4.69) is 11.0 Å². The number of carboxylic acids is 1. The molecule has 2 fully saturated rings. The van der Waals surface area contributed by atoms with Gasteiger partial charge in [0.2, 0.25) is 0 Å². The van der Waals surface area contributed by atoms with Gasteiger partial charge in [-0.15, -0.1) is 0 Å². The van der Waals surface area contributed by atoms with Crippen LogP contribution < -0.4 is 9.47 Å². The van der Waals surface area contributed by atoms with Crippen LogP contribution in [0.1, 0.15) is 53.3 Å². The number of likely N-dealkylation sites (tertiary alicyclic amines) is 1. The Kier molecular flexibility index (Phi) is 5.36. The van der Waals surface area contributed by atoms with Gasteiger partial charge in [-0.1, -0.05) is 24.3 Å². The first-order valence-corrected chi connectivity index (χ1v) is 11.1. The number of rotatable bonds is 4. The second-order valence-electron chi connectivity index (χ2n) is 8.86. The molecule has 0 bridgehead atoms. The summed E-state index contributed by atoms with van der Waals surface area (Å²) in [6.07, 6.45) is 4.16. The van der Waals surface area contributed by atoms with Crippen molar-refractivity contribution in [3.05, 3.63) is 59.2 Å². The lowest BCUT2D eigenvalue weighted by atomic mass is 9.70. The number of ether oxygens (including phenoxy) is 3. The summed E-state index contributed by atoms with van der Waals surface area (Å²) in [5, 5.41) is 9.10. The van der Waals surface area contributed by atoms with E-state index in [-0.39, 0.29) is 11.7 Å². The molecule has 0 amide bonds. The number of carbonyl (C=O) groups is 1. The Balaban J connectivity index is 1.34. The first-order valence-electron chi connectivity index (χ1n) is 11.1. The van der Waals surface area contributed by atoms with E-state index in [1.54, 1.807) is 19.2 Å². The van der Waals surface area contributed by atoms with E-state index in [9.17, 15) is 4.79 Å². The molecule has 3 aliphatic rings. The smallest absolute Gasteiger partial charge is 0.335 e. The second-order valence-corrected chi connectivity index (χ2v) is 8.86. The number of nitrogens with zero attached hydrogens (tertiary/aromatic N) is 1. The minimum Gasteiger partial charge on any atom is -0.493 e. The van der Waals surface area contributed by atoms with Crippen LogP contribution in [0, 0.1) is 5.92 Å². The zero-order valence-corrected chi connectivity index (χ0v) is 17.9. The van der Waals surface area contributed by atoms with Crippen LogP contribution in [-0.4, -0.2) is 48.4 Å². The Hall–Kier alpha value is -2.57. The highest BCUT2D eigenvalue weighted by Crippen LogP contribution is 2.55. The van der Waals surface area contributed by atoms with Crippen molar-refractivity contribution in [1.29, 1.82) is 0 Å². The zero-order chi connectivity index (χ0) is 21.4. The van der Waals surface area contributed by atoms with E-state index in [0.29, 0.717) is 11.5 Å². The fourth-order valence-corrected chi connectivity index (χ4v) is 5.51. The summed E-state index contributed by atoms with van der Waals surface area (Å²) in [6, 6.07) is 13.3. The van der Waals surface area contributed by atoms with Crippen molar-refractivity contribution >= 4 is 5.97 Å². The summed E-state index contributed by atoms with van der Waals surface area (Å²) in [4.78, 5) is 13.5. The van der Waals surface area contributed by atoms with E-state index in [1.807, 2.05) is 24.3 Å². The van der Waals surface area contributed by atoms with Gasteiger partial charge in [0.05, 0.1) is 18.8 Å². The quantitative estimate of drug-likeness (QED) is 0.791. The van der Waals surface area contributed by atoms with Crippen molar-refractivity contribution < 1.29 is 24.1 Å². The number of hydrogen-bond acceptors (Lipinski definition) is 5. The normalized spacial score (nSPS) is 24.7. The molecule has 2 saturated heterocycles.